The summed E-state index contributed by atoms with van der Waals surface area (Å²) in [6, 6.07) is 20.2. The minimum Gasteiger partial charge on any atom is -0.508 e. The van der Waals surface area contributed by atoms with Crippen molar-refractivity contribution >= 4 is 11.1 Å². The van der Waals surface area contributed by atoms with E-state index >= 15 is 0 Å². The number of benzene rings is 4. The van der Waals surface area contributed by atoms with Gasteiger partial charge in [0.05, 0.1) is 24.4 Å². The van der Waals surface area contributed by atoms with E-state index in [1.807, 2.05) is 25.1 Å². The summed E-state index contributed by atoms with van der Waals surface area (Å²) in [5.74, 6) is 2.97. The highest BCUT2D eigenvalue weighted by atomic mass is 19.1. The first-order chi connectivity index (χ1) is 36.0. The van der Waals surface area contributed by atoms with Crippen LogP contribution in [0.2, 0.25) is 0 Å². The maximum Gasteiger partial charge on any atom is 0.134 e. The average Bonchev–Trinajstić information content (AvgIpc) is 4.07. The normalized spacial score (nSPS) is 36.1. The third kappa shape index (κ3) is 11.0. The van der Waals surface area contributed by atoms with Crippen LogP contribution in [0.25, 0.3) is 11.1 Å². The molecule has 76 heavy (non-hydrogen) atoms. The summed E-state index contributed by atoms with van der Waals surface area (Å²) in [5.41, 5.74) is 8.89. The maximum atomic E-state index is 13.9. The Morgan fingerprint density at radius 1 is 0.408 bits per heavy atom. The van der Waals surface area contributed by atoms with Gasteiger partial charge in [-0.05, 0) is 257 Å². The van der Waals surface area contributed by atoms with Gasteiger partial charge in [-0.1, -0.05) is 58.0 Å². The molecule has 0 aliphatic heterocycles. The number of aromatic hydroxyl groups is 4. The van der Waals surface area contributed by atoms with E-state index in [0.29, 0.717) is 46.7 Å². The molecule has 0 aromatic heterocycles. The lowest BCUT2D eigenvalue weighted by Crippen LogP contribution is -2.37. The summed E-state index contributed by atoms with van der Waals surface area (Å²) in [7, 11) is 0. The minimum absolute atomic E-state index is 0.0156. The van der Waals surface area contributed by atoms with Gasteiger partial charge in [0.15, 0.2) is 0 Å². The fourth-order valence-corrected chi connectivity index (χ4v) is 16.0. The fraction of sp³-hybridized carbons (Fsp3) is 0.576. The highest BCUT2D eigenvalue weighted by molar-refractivity contribution is 5.70. The van der Waals surface area contributed by atoms with E-state index in [0.717, 1.165) is 125 Å². The smallest absolute Gasteiger partial charge is 0.134 e. The van der Waals surface area contributed by atoms with Crippen LogP contribution in [-0.4, -0.2) is 65.3 Å². The number of aliphatic hydroxyl groups excluding tert-OH is 4. The Labute approximate surface area is 450 Å². The number of phenolic OH excluding ortho intramolecular Hbond substituents is 4. The predicted molar refractivity (Wildman–Crippen MR) is 297 cm³/mol. The van der Waals surface area contributed by atoms with Crippen LogP contribution >= 0.6 is 0 Å². The van der Waals surface area contributed by atoms with Crippen LogP contribution in [0.1, 0.15) is 188 Å². The van der Waals surface area contributed by atoms with Crippen molar-refractivity contribution in [3.05, 3.63) is 130 Å². The van der Waals surface area contributed by atoms with E-state index in [1.54, 1.807) is 30.3 Å². The molecule has 0 radical (unpaired) electrons. The summed E-state index contributed by atoms with van der Waals surface area (Å²) < 4.78 is 27.8. The molecule has 0 spiro atoms. The molecular weight excluding hydrogens is 959 g/mol. The van der Waals surface area contributed by atoms with Crippen molar-refractivity contribution in [3.63, 3.8) is 0 Å². The van der Waals surface area contributed by atoms with Crippen LogP contribution in [0.4, 0.5) is 8.78 Å². The molecule has 4 aromatic carbocycles. The lowest BCUT2D eigenvalue weighted by molar-refractivity contribution is 0.00843. The van der Waals surface area contributed by atoms with Gasteiger partial charge in [0, 0.05) is 28.5 Å². The molecule has 14 atom stereocenters. The number of hydrogen-bond donors (Lipinski definition) is 8. The average molecular weight is 1050 g/mol. The number of rotatable bonds is 4. The molecular formula is C66H86F2O8. The summed E-state index contributed by atoms with van der Waals surface area (Å²) in [6.07, 6.45) is 21.6. The molecule has 412 valence electrons. The number of hydrogen-bond acceptors (Lipinski definition) is 8. The van der Waals surface area contributed by atoms with E-state index in [9.17, 15) is 49.6 Å². The molecule has 6 saturated carbocycles. The zero-order valence-electron chi connectivity index (χ0n) is 45.9. The van der Waals surface area contributed by atoms with E-state index in [4.69, 9.17) is 0 Å². The molecule has 12 rings (SSSR count). The second-order valence-corrected chi connectivity index (χ2v) is 25.8. The van der Waals surface area contributed by atoms with Crippen molar-refractivity contribution in [1.29, 1.82) is 0 Å². The molecule has 8 aliphatic rings. The van der Waals surface area contributed by atoms with Gasteiger partial charge in [0.1, 0.15) is 34.6 Å². The molecule has 6 fully saturated rings. The van der Waals surface area contributed by atoms with Gasteiger partial charge in [0.25, 0.3) is 0 Å². The largest absolute Gasteiger partial charge is 0.508 e. The van der Waals surface area contributed by atoms with Gasteiger partial charge in [-0.25, -0.2) is 8.78 Å². The highest BCUT2D eigenvalue weighted by Gasteiger charge is 2.51. The Morgan fingerprint density at radius 2 is 0.789 bits per heavy atom. The molecule has 0 bridgehead atoms. The molecule has 0 amide bonds. The van der Waals surface area contributed by atoms with Crippen molar-refractivity contribution in [2.45, 2.75) is 193 Å². The van der Waals surface area contributed by atoms with Gasteiger partial charge < -0.3 is 40.9 Å². The summed E-state index contributed by atoms with van der Waals surface area (Å²) in [4.78, 5) is 0. The van der Waals surface area contributed by atoms with Crippen molar-refractivity contribution in [1.82, 2.24) is 0 Å². The number of aliphatic hydroxyl groups is 4. The molecule has 10 heteroatoms. The standard InChI is InChI=1S/C17H24O2.C17H22O2.C16H21FO2.C16H19FO2/c2*1-11-9-14(18)4-5-15(11)12-7-8-17(2)13(10-12)3-6-16(17)19;2*1-16-7-6-10(8-11(16)2-5-15(16)19)13-4-3-12(18)9-14(13)17/h4-5,9,12-13,16,18-19H,3,6-8,10H2,1-2H3;4-5,7,9,13,16,18-19H,3,6,8,10H2,1-2H3;3-4,9-11,15,18-19H,2,5-8H2,1H3;3-4,6,9,11,15,18-19H,2,5,7-8H2,1H3/t12-,13+,16-,17-;13-,16+,17+;10-,11+,15-,16-;11-,15+,16+/m0101/s1. The lowest BCUT2D eigenvalue weighted by atomic mass is 9.64. The quantitative estimate of drug-likeness (QED) is 0.100. The molecule has 8 nitrogen and oxygen atoms in total. The third-order valence-corrected chi connectivity index (χ3v) is 21.6. The minimum atomic E-state index is -0.367. The van der Waals surface area contributed by atoms with E-state index in [1.165, 1.54) is 47.2 Å². The Bertz CT molecular complexity index is 2600. The second-order valence-electron chi connectivity index (χ2n) is 25.8. The Kier molecular flexibility index (Phi) is 16.3. The van der Waals surface area contributed by atoms with E-state index in [-0.39, 0.29) is 75.1 Å². The summed E-state index contributed by atoms with van der Waals surface area (Å²) >= 11 is 0. The highest BCUT2D eigenvalue weighted by Crippen LogP contribution is 2.58. The molecule has 0 heterocycles. The first-order valence-electron chi connectivity index (χ1n) is 28.7. The Hall–Kier alpha value is -4.74. The topological polar surface area (TPSA) is 162 Å². The van der Waals surface area contributed by atoms with Gasteiger partial charge in [-0.2, -0.15) is 0 Å². The fourth-order valence-electron chi connectivity index (χ4n) is 16.0. The maximum absolute atomic E-state index is 13.9. The molecule has 8 N–H and O–H groups in total. The summed E-state index contributed by atoms with van der Waals surface area (Å²) in [5, 5.41) is 78.2. The molecule has 0 saturated heterocycles. The predicted octanol–water partition coefficient (Wildman–Crippen LogP) is 14.5. The third-order valence-electron chi connectivity index (χ3n) is 21.6. The number of allylic oxidation sites excluding steroid dienone is 4. The SMILES string of the molecule is C[C@]12CC=C(c3ccc(O)cc3F)C[C@H]1CC[C@@H]2O.C[C@]12CC[C@H](c3ccc(O)cc3F)C[C@H]1CC[C@@H]2O.Cc1cc(O)ccc1C1=CC[C@@]2(C)[C@H](CC[C@@H]2O)C1.Cc1cc(O)ccc1[C@H]1CC[C@@]2(C)[C@H](CC[C@@H]2O)C1. The van der Waals surface area contributed by atoms with Crippen LogP contribution in [0, 0.1) is 70.8 Å². The second kappa shape index (κ2) is 22.2. The van der Waals surface area contributed by atoms with Crippen LogP contribution in [0.5, 0.6) is 23.0 Å². The van der Waals surface area contributed by atoms with Crippen LogP contribution in [-0.2, 0) is 0 Å². The van der Waals surface area contributed by atoms with E-state index < -0.39 is 0 Å². The molecule has 8 aliphatic carbocycles. The van der Waals surface area contributed by atoms with Crippen molar-refractivity contribution in [2.24, 2.45) is 45.3 Å². The van der Waals surface area contributed by atoms with Crippen LogP contribution in [0.3, 0.4) is 0 Å². The van der Waals surface area contributed by atoms with Gasteiger partial charge >= 0.3 is 0 Å². The first kappa shape index (κ1) is 56.0. The molecule has 0 unspecified atom stereocenters. The van der Waals surface area contributed by atoms with Gasteiger partial charge in [-0.15, -0.1) is 0 Å². The molecule has 4 aromatic rings. The number of fused-ring (bicyclic) bond motifs is 4. The van der Waals surface area contributed by atoms with Crippen molar-refractivity contribution in [2.75, 3.05) is 0 Å². The van der Waals surface area contributed by atoms with Gasteiger partial charge in [-0.3, -0.25) is 0 Å². The number of phenols is 4. The van der Waals surface area contributed by atoms with E-state index in [2.05, 4.69) is 52.8 Å². The monoisotopic (exact) mass is 1040 g/mol. The summed E-state index contributed by atoms with van der Waals surface area (Å²) in [6.45, 7) is 13.0. The Balaban J connectivity index is 0.000000124. The van der Waals surface area contributed by atoms with Crippen molar-refractivity contribution < 1.29 is 49.6 Å². The van der Waals surface area contributed by atoms with Crippen molar-refractivity contribution in [3.8, 4) is 23.0 Å². The zero-order chi connectivity index (χ0) is 54.5. The lowest BCUT2D eigenvalue weighted by Gasteiger charge is -2.42. The zero-order valence-corrected chi connectivity index (χ0v) is 45.9. The Morgan fingerprint density at radius 3 is 1.25 bits per heavy atom. The van der Waals surface area contributed by atoms with Gasteiger partial charge in [0.2, 0.25) is 0 Å². The number of halogens is 2. The van der Waals surface area contributed by atoms with Crippen LogP contribution in [0.15, 0.2) is 84.9 Å². The van der Waals surface area contributed by atoms with Crippen LogP contribution < -0.4 is 0 Å². The first-order valence-corrected chi connectivity index (χ1v) is 28.7. The number of aryl methyl sites for hydroxylation is 2.